The second kappa shape index (κ2) is 2.99. The lowest BCUT2D eigenvalue weighted by Crippen LogP contribution is -2.15. The SMILES string of the molecule is CC1(C)CCc2ccccc2C=N1. The van der Waals surface area contributed by atoms with Crippen molar-refractivity contribution < 1.29 is 0 Å². The van der Waals surface area contributed by atoms with Crippen LogP contribution in [0, 0.1) is 0 Å². The topological polar surface area (TPSA) is 12.4 Å². The molecule has 0 aliphatic carbocycles. The smallest absolute Gasteiger partial charge is 0.0555 e. The molecule has 1 nitrogen and oxygen atoms in total. The average molecular weight is 173 g/mol. The Balaban J connectivity index is 2.39. The van der Waals surface area contributed by atoms with Crippen LogP contribution in [0.3, 0.4) is 0 Å². The van der Waals surface area contributed by atoms with Crippen molar-refractivity contribution in [2.24, 2.45) is 4.99 Å². The summed E-state index contributed by atoms with van der Waals surface area (Å²) in [6.07, 6.45) is 4.30. The number of nitrogens with zero attached hydrogens (tertiary/aromatic N) is 1. The summed E-state index contributed by atoms with van der Waals surface area (Å²) in [6, 6.07) is 8.51. The van der Waals surface area contributed by atoms with Crippen molar-refractivity contribution in [3.05, 3.63) is 35.4 Å². The minimum absolute atomic E-state index is 0.110. The third kappa shape index (κ3) is 1.80. The molecule has 0 amide bonds. The van der Waals surface area contributed by atoms with E-state index in [0.717, 1.165) is 12.8 Å². The quantitative estimate of drug-likeness (QED) is 0.572. The lowest BCUT2D eigenvalue weighted by molar-refractivity contribution is 0.486. The van der Waals surface area contributed by atoms with Crippen molar-refractivity contribution in [3.63, 3.8) is 0 Å². The van der Waals surface area contributed by atoms with Crippen LogP contribution in [0.25, 0.3) is 0 Å². The van der Waals surface area contributed by atoms with Gasteiger partial charge in [-0.05, 0) is 37.8 Å². The van der Waals surface area contributed by atoms with Gasteiger partial charge in [-0.3, -0.25) is 4.99 Å². The Hall–Kier alpha value is -1.11. The van der Waals surface area contributed by atoms with Crippen LogP contribution in [0.2, 0.25) is 0 Å². The van der Waals surface area contributed by atoms with Crippen molar-refractivity contribution in [2.75, 3.05) is 0 Å². The Morgan fingerprint density at radius 2 is 2.00 bits per heavy atom. The van der Waals surface area contributed by atoms with Crippen LogP contribution in [-0.2, 0) is 6.42 Å². The molecule has 68 valence electrons. The number of hydrogen-bond donors (Lipinski definition) is 0. The van der Waals surface area contributed by atoms with E-state index >= 15 is 0 Å². The maximum Gasteiger partial charge on any atom is 0.0555 e. The molecule has 0 aromatic heterocycles. The molecule has 0 fully saturated rings. The van der Waals surface area contributed by atoms with Gasteiger partial charge in [-0.15, -0.1) is 0 Å². The van der Waals surface area contributed by atoms with E-state index in [9.17, 15) is 0 Å². The predicted octanol–water partition coefficient (Wildman–Crippen LogP) is 2.83. The molecule has 0 N–H and O–H groups in total. The first-order chi connectivity index (χ1) is 6.17. The minimum atomic E-state index is 0.110. The normalized spacial score (nSPS) is 19.2. The summed E-state index contributed by atoms with van der Waals surface area (Å²) >= 11 is 0. The highest BCUT2D eigenvalue weighted by atomic mass is 14.8. The highest BCUT2D eigenvalue weighted by Crippen LogP contribution is 2.22. The molecule has 0 saturated carbocycles. The van der Waals surface area contributed by atoms with Crippen LogP contribution in [-0.4, -0.2) is 11.8 Å². The van der Waals surface area contributed by atoms with Gasteiger partial charge in [0.05, 0.1) is 5.54 Å². The fraction of sp³-hybridized carbons (Fsp3) is 0.417. The van der Waals surface area contributed by atoms with Crippen molar-refractivity contribution in [1.82, 2.24) is 0 Å². The van der Waals surface area contributed by atoms with Gasteiger partial charge in [0.2, 0.25) is 0 Å². The molecule has 1 aliphatic rings. The van der Waals surface area contributed by atoms with Gasteiger partial charge < -0.3 is 0 Å². The Morgan fingerprint density at radius 3 is 2.85 bits per heavy atom. The highest BCUT2D eigenvalue weighted by Gasteiger charge is 2.18. The third-order valence-corrected chi connectivity index (χ3v) is 2.61. The molecule has 2 rings (SSSR count). The Morgan fingerprint density at radius 1 is 1.23 bits per heavy atom. The number of rotatable bonds is 0. The van der Waals surface area contributed by atoms with E-state index in [4.69, 9.17) is 0 Å². The number of fused-ring (bicyclic) bond motifs is 1. The van der Waals surface area contributed by atoms with Gasteiger partial charge in [0, 0.05) is 6.21 Å². The molecule has 1 aromatic carbocycles. The molecule has 0 unspecified atom stereocenters. The van der Waals surface area contributed by atoms with Gasteiger partial charge in [0.1, 0.15) is 0 Å². The van der Waals surface area contributed by atoms with Crippen molar-refractivity contribution in [3.8, 4) is 0 Å². The summed E-state index contributed by atoms with van der Waals surface area (Å²) in [5, 5.41) is 0. The zero-order chi connectivity index (χ0) is 9.31. The Bertz CT molecular complexity index is 337. The van der Waals surface area contributed by atoms with Crippen molar-refractivity contribution in [1.29, 1.82) is 0 Å². The van der Waals surface area contributed by atoms with Gasteiger partial charge in [0.15, 0.2) is 0 Å². The van der Waals surface area contributed by atoms with Crippen LogP contribution in [0.5, 0.6) is 0 Å². The van der Waals surface area contributed by atoms with Gasteiger partial charge in [-0.25, -0.2) is 0 Å². The first kappa shape index (κ1) is 8.49. The molecule has 1 heterocycles. The summed E-state index contributed by atoms with van der Waals surface area (Å²) < 4.78 is 0. The molecule has 0 atom stereocenters. The Labute approximate surface area is 79.5 Å². The predicted molar refractivity (Wildman–Crippen MR) is 56.4 cm³/mol. The van der Waals surface area contributed by atoms with Crippen LogP contribution >= 0.6 is 0 Å². The number of benzene rings is 1. The molecular formula is C12H15N. The largest absolute Gasteiger partial charge is 0.286 e. The molecular weight excluding hydrogens is 158 g/mol. The van der Waals surface area contributed by atoms with Gasteiger partial charge in [0.25, 0.3) is 0 Å². The highest BCUT2D eigenvalue weighted by molar-refractivity contribution is 5.82. The number of aliphatic imine (C=N–C) groups is 1. The fourth-order valence-electron chi connectivity index (χ4n) is 1.64. The maximum absolute atomic E-state index is 4.57. The summed E-state index contributed by atoms with van der Waals surface area (Å²) in [4.78, 5) is 4.57. The minimum Gasteiger partial charge on any atom is -0.286 e. The first-order valence-corrected chi connectivity index (χ1v) is 4.80. The summed E-state index contributed by atoms with van der Waals surface area (Å²) in [7, 11) is 0. The van der Waals surface area contributed by atoms with E-state index in [1.807, 2.05) is 6.21 Å². The van der Waals surface area contributed by atoms with Gasteiger partial charge in [-0.2, -0.15) is 0 Å². The third-order valence-electron chi connectivity index (χ3n) is 2.61. The summed E-state index contributed by atoms with van der Waals surface area (Å²) in [6.45, 7) is 4.38. The lowest BCUT2D eigenvalue weighted by atomic mass is 9.96. The monoisotopic (exact) mass is 173 g/mol. The zero-order valence-electron chi connectivity index (χ0n) is 8.25. The van der Waals surface area contributed by atoms with E-state index in [-0.39, 0.29) is 5.54 Å². The molecule has 0 bridgehead atoms. The van der Waals surface area contributed by atoms with Gasteiger partial charge in [-0.1, -0.05) is 24.3 Å². The fourth-order valence-corrected chi connectivity index (χ4v) is 1.64. The Kier molecular flexibility index (Phi) is 1.95. The van der Waals surface area contributed by atoms with E-state index in [1.165, 1.54) is 11.1 Å². The molecule has 1 aliphatic heterocycles. The molecule has 13 heavy (non-hydrogen) atoms. The second-order valence-corrected chi connectivity index (χ2v) is 4.27. The van der Waals surface area contributed by atoms with Crippen LogP contribution < -0.4 is 0 Å². The molecule has 1 aromatic rings. The van der Waals surface area contributed by atoms with E-state index in [1.54, 1.807) is 0 Å². The molecule has 0 spiro atoms. The first-order valence-electron chi connectivity index (χ1n) is 4.80. The zero-order valence-corrected chi connectivity index (χ0v) is 8.25. The van der Waals surface area contributed by atoms with E-state index < -0.39 is 0 Å². The van der Waals surface area contributed by atoms with Crippen LogP contribution in [0.1, 0.15) is 31.4 Å². The maximum atomic E-state index is 4.57. The van der Waals surface area contributed by atoms with E-state index in [2.05, 4.69) is 43.1 Å². The standard InChI is InChI=1S/C12H15N/c1-12(2)8-7-10-5-3-4-6-11(10)9-13-12/h3-6,9H,7-8H2,1-2H3. The second-order valence-electron chi connectivity index (χ2n) is 4.27. The number of aryl methyl sites for hydroxylation is 1. The van der Waals surface area contributed by atoms with E-state index in [0.29, 0.717) is 0 Å². The van der Waals surface area contributed by atoms with Crippen LogP contribution in [0.4, 0.5) is 0 Å². The molecule has 0 radical (unpaired) electrons. The summed E-state index contributed by atoms with van der Waals surface area (Å²) in [5.41, 5.74) is 2.82. The molecule has 1 heteroatoms. The van der Waals surface area contributed by atoms with Crippen LogP contribution in [0.15, 0.2) is 29.3 Å². The van der Waals surface area contributed by atoms with Gasteiger partial charge >= 0.3 is 0 Å². The molecule has 0 saturated heterocycles. The van der Waals surface area contributed by atoms with Crippen molar-refractivity contribution >= 4 is 6.21 Å². The van der Waals surface area contributed by atoms with Crippen molar-refractivity contribution in [2.45, 2.75) is 32.2 Å². The summed E-state index contributed by atoms with van der Waals surface area (Å²) in [5.74, 6) is 0. The lowest BCUT2D eigenvalue weighted by Gasteiger charge is -2.16. The average Bonchev–Trinajstić information content (AvgIpc) is 2.27. The number of hydrogen-bond acceptors (Lipinski definition) is 1.